The highest BCUT2D eigenvalue weighted by molar-refractivity contribution is 8.76. The molecule has 1 aliphatic rings. The number of guanidine groups is 1. The lowest BCUT2D eigenvalue weighted by atomic mass is 10.5. The number of rotatable bonds is 5. The Balaban J connectivity index is 3.14. The first-order chi connectivity index (χ1) is 9.03. The number of amidine groups is 1. The zero-order valence-corrected chi connectivity index (χ0v) is 15.1. The second kappa shape index (κ2) is 7.65. The maximum atomic E-state index is 5.79. The number of hydrogen-bond acceptors (Lipinski definition) is 5. The summed E-state index contributed by atoms with van der Waals surface area (Å²) in [4.78, 5) is 9.22. The molecule has 0 aliphatic carbocycles. The van der Waals surface area contributed by atoms with Crippen LogP contribution < -0.4 is 0 Å². The molecule has 0 radical (unpaired) electrons. The van der Waals surface area contributed by atoms with Crippen LogP contribution in [0, 0.1) is 0 Å². The van der Waals surface area contributed by atoms with Crippen molar-refractivity contribution in [2.24, 2.45) is 9.76 Å². The second-order valence-electron chi connectivity index (χ2n) is 4.18. The molecule has 0 saturated heterocycles. The van der Waals surface area contributed by atoms with E-state index in [0.717, 1.165) is 43.5 Å². The van der Waals surface area contributed by atoms with Crippen molar-refractivity contribution in [2.45, 2.75) is 34.6 Å². The van der Waals surface area contributed by atoms with Crippen LogP contribution in [0.25, 0.3) is 0 Å². The molecular weight excluding hydrogens is 295 g/mol. The fourth-order valence-electron chi connectivity index (χ4n) is 1.81. The maximum Gasteiger partial charge on any atom is 0.228 e. The van der Waals surface area contributed by atoms with Gasteiger partial charge in [-0.1, -0.05) is 18.7 Å². The summed E-state index contributed by atoms with van der Waals surface area (Å²) in [5.41, 5.74) is 0. The minimum absolute atomic E-state index is 0.843. The normalized spacial score (nSPS) is 22.8. The number of hydrogen-bond donors (Lipinski definition) is 0. The topological polar surface area (TPSA) is 31.2 Å². The van der Waals surface area contributed by atoms with Crippen molar-refractivity contribution in [2.75, 3.05) is 32.3 Å². The number of nitrogens with zero attached hydrogens (tertiary/aromatic N) is 4. The van der Waals surface area contributed by atoms with Crippen molar-refractivity contribution < 1.29 is 0 Å². The lowest BCUT2D eigenvalue weighted by Gasteiger charge is -2.31. The first kappa shape index (κ1) is 17.0. The van der Waals surface area contributed by atoms with Crippen LogP contribution in [0.15, 0.2) is 9.76 Å². The molecule has 1 atom stereocenters. The van der Waals surface area contributed by atoms with Gasteiger partial charge in [0.1, 0.15) is 5.39 Å². The van der Waals surface area contributed by atoms with Gasteiger partial charge in [0.25, 0.3) is 0 Å². The third-order valence-corrected chi connectivity index (χ3v) is 9.28. The monoisotopic (exact) mass is 320 g/mol. The van der Waals surface area contributed by atoms with Crippen molar-refractivity contribution in [1.29, 1.82) is 0 Å². The smallest absolute Gasteiger partial charge is 0.228 e. The van der Waals surface area contributed by atoms with Crippen LogP contribution in [-0.2, 0) is 11.8 Å². The zero-order chi connectivity index (χ0) is 14.5. The Bertz CT molecular complexity index is 401. The van der Waals surface area contributed by atoms with Crippen LogP contribution in [0.4, 0.5) is 0 Å². The van der Waals surface area contributed by atoms with Crippen molar-refractivity contribution >= 4 is 39.7 Å². The molecule has 0 fully saturated rings. The summed E-state index contributed by atoms with van der Waals surface area (Å²) in [6.07, 6.45) is 0.943. The van der Waals surface area contributed by atoms with E-state index in [2.05, 4.69) is 44.4 Å². The first-order valence-corrected chi connectivity index (χ1v) is 11.4. The van der Waals surface area contributed by atoms with E-state index in [4.69, 9.17) is 21.6 Å². The van der Waals surface area contributed by atoms with E-state index < -0.39 is 5.39 Å². The van der Waals surface area contributed by atoms with E-state index in [1.807, 2.05) is 0 Å². The van der Waals surface area contributed by atoms with Gasteiger partial charge in [0, 0.05) is 32.3 Å². The van der Waals surface area contributed by atoms with Crippen LogP contribution in [0.1, 0.15) is 34.6 Å². The predicted molar refractivity (Wildman–Crippen MR) is 93.1 cm³/mol. The van der Waals surface area contributed by atoms with Crippen molar-refractivity contribution in [3.8, 4) is 0 Å². The van der Waals surface area contributed by atoms with Crippen molar-refractivity contribution in [3.63, 3.8) is 0 Å². The van der Waals surface area contributed by atoms with Crippen LogP contribution in [0.2, 0.25) is 0 Å². The molecule has 0 bridgehead atoms. The highest BCUT2D eigenvalue weighted by Crippen LogP contribution is 2.62. The molecule has 4 nitrogen and oxygen atoms in total. The van der Waals surface area contributed by atoms with Gasteiger partial charge in [-0.05, 0) is 39.1 Å². The quantitative estimate of drug-likeness (QED) is 0.726. The van der Waals surface area contributed by atoms with Crippen molar-refractivity contribution in [1.82, 2.24) is 9.80 Å². The van der Waals surface area contributed by atoms with Gasteiger partial charge in [-0.2, -0.15) is 4.99 Å². The molecular formula is C12H25N4PS2. The van der Waals surface area contributed by atoms with E-state index >= 15 is 0 Å². The predicted octanol–water partition coefficient (Wildman–Crippen LogP) is 3.46. The fourth-order valence-corrected chi connectivity index (χ4v) is 6.10. The van der Waals surface area contributed by atoms with Gasteiger partial charge in [0.05, 0.1) is 0 Å². The first-order valence-electron chi connectivity index (χ1n) is 7.00. The van der Waals surface area contributed by atoms with Crippen LogP contribution >= 0.6 is 16.8 Å². The van der Waals surface area contributed by atoms with Gasteiger partial charge in [-0.3, -0.25) is 0 Å². The molecule has 110 valence electrons. The molecule has 0 aromatic heterocycles. The summed E-state index contributed by atoms with van der Waals surface area (Å²) in [7, 11) is 0. The summed E-state index contributed by atoms with van der Waals surface area (Å²) >= 11 is 7.51. The molecule has 0 N–H and O–H groups in total. The van der Waals surface area contributed by atoms with Gasteiger partial charge in [-0.25, -0.2) is 4.76 Å². The third-order valence-electron chi connectivity index (χ3n) is 3.14. The van der Waals surface area contributed by atoms with E-state index in [-0.39, 0.29) is 0 Å². The molecule has 0 spiro atoms. The molecule has 1 rings (SSSR count). The van der Waals surface area contributed by atoms with Gasteiger partial charge in [0.15, 0.2) is 5.17 Å². The molecule has 0 saturated carbocycles. The summed E-state index contributed by atoms with van der Waals surface area (Å²) in [6, 6.07) is 0. The SMILES string of the molecule is CCN(CC)C1=NP(=S)(CC)SC(N(CC)CC)=N1. The molecule has 1 heterocycles. The number of aliphatic imine (C=N–C) groups is 1. The zero-order valence-electron chi connectivity index (χ0n) is 12.6. The Morgan fingerprint density at radius 3 is 1.95 bits per heavy atom. The Morgan fingerprint density at radius 1 is 1.00 bits per heavy atom. The second-order valence-corrected chi connectivity index (χ2v) is 11.7. The molecule has 7 heteroatoms. The lowest BCUT2D eigenvalue weighted by molar-refractivity contribution is 0.454. The Hall–Kier alpha value is -0.0600. The van der Waals surface area contributed by atoms with E-state index in [1.54, 1.807) is 11.4 Å². The Kier molecular flexibility index (Phi) is 6.84. The minimum atomic E-state index is -1.74. The Labute approximate surface area is 126 Å². The van der Waals surface area contributed by atoms with Crippen LogP contribution in [-0.4, -0.2) is 53.3 Å². The fraction of sp³-hybridized carbons (Fsp3) is 0.833. The highest BCUT2D eigenvalue weighted by atomic mass is 32.9. The summed E-state index contributed by atoms with van der Waals surface area (Å²) < 4.78 is 4.79. The maximum absolute atomic E-state index is 5.79. The average molecular weight is 320 g/mol. The Morgan fingerprint density at radius 2 is 1.53 bits per heavy atom. The minimum Gasteiger partial charge on any atom is -0.351 e. The highest BCUT2D eigenvalue weighted by Gasteiger charge is 2.28. The van der Waals surface area contributed by atoms with Crippen LogP contribution in [0.5, 0.6) is 0 Å². The van der Waals surface area contributed by atoms with Gasteiger partial charge >= 0.3 is 0 Å². The standard InChI is InChI=1S/C12H25N4PS2/c1-6-15(7-2)11-13-12(16(8-3)9-4)19-17(18,10-5)14-11/h6-10H2,1-5H3. The lowest BCUT2D eigenvalue weighted by Crippen LogP contribution is -2.35. The molecule has 1 aliphatic heterocycles. The van der Waals surface area contributed by atoms with E-state index in [1.165, 1.54) is 0 Å². The third kappa shape index (κ3) is 4.20. The largest absolute Gasteiger partial charge is 0.351 e. The summed E-state index contributed by atoms with van der Waals surface area (Å²) in [5.74, 6) is 0.843. The van der Waals surface area contributed by atoms with Crippen LogP contribution in [0.3, 0.4) is 0 Å². The molecule has 19 heavy (non-hydrogen) atoms. The molecule has 0 aromatic rings. The van der Waals surface area contributed by atoms with Gasteiger partial charge < -0.3 is 9.80 Å². The van der Waals surface area contributed by atoms with Gasteiger partial charge in [0.2, 0.25) is 5.96 Å². The van der Waals surface area contributed by atoms with Crippen molar-refractivity contribution in [3.05, 3.63) is 0 Å². The summed E-state index contributed by atoms with van der Waals surface area (Å²) in [6.45, 7) is 14.5. The van der Waals surface area contributed by atoms with E-state index in [9.17, 15) is 0 Å². The van der Waals surface area contributed by atoms with E-state index in [0.29, 0.717) is 0 Å². The summed E-state index contributed by atoms with van der Waals surface area (Å²) in [5, 5.41) is -0.681. The van der Waals surface area contributed by atoms with Gasteiger partial charge in [-0.15, -0.1) is 0 Å². The molecule has 1 unspecified atom stereocenters. The average Bonchev–Trinajstić information content (AvgIpc) is 2.41. The molecule has 0 aromatic carbocycles. The molecule has 0 amide bonds.